The molecule has 6 nitrogen and oxygen atoms in total. The third-order valence-electron chi connectivity index (χ3n) is 2.95. The highest BCUT2D eigenvalue weighted by molar-refractivity contribution is 7.98. The zero-order valence-corrected chi connectivity index (χ0v) is 10.9. The number of carbonyl (C=O) groups is 1. The van der Waals surface area contributed by atoms with Crippen LogP contribution in [0.2, 0.25) is 0 Å². The molecule has 1 aromatic heterocycles. The van der Waals surface area contributed by atoms with Crippen LogP contribution in [0.4, 0.5) is 5.82 Å². The van der Waals surface area contributed by atoms with Gasteiger partial charge in [-0.1, -0.05) is 24.6 Å². The third-order valence-corrected chi connectivity index (χ3v) is 3.51. The van der Waals surface area contributed by atoms with E-state index in [-0.39, 0.29) is 5.56 Å². The summed E-state index contributed by atoms with van der Waals surface area (Å²) in [6.07, 6.45) is 7.71. The second kappa shape index (κ2) is 6.01. The van der Waals surface area contributed by atoms with Gasteiger partial charge in [-0.2, -0.15) is 5.26 Å². The Labute approximate surface area is 109 Å². The van der Waals surface area contributed by atoms with Crippen molar-refractivity contribution >= 4 is 23.5 Å². The van der Waals surface area contributed by atoms with Crippen molar-refractivity contribution in [3.05, 3.63) is 11.8 Å². The van der Waals surface area contributed by atoms with Gasteiger partial charge in [-0.05, 0) is 19.1 Å². The van der Waals surface area contributed by atoms with Crippen molar-refractivity contribution in [1.82, 2.24) is 9.97 Å². The molecule has 1 aliphatic rings. The first-order valence-electron chi connectivity index (χ1n) is 5.78. The number of thioether (sulfide) groups is 1. The van der Waals surface area contributed by atoms with E-state index in [1.807, 2.05) is 6.26 Å². The molecule has 0 atom stereocenters. The number of rotatable bonds is 4. The quantitative estimate of drug-likeness (QED) is 0.375. The molecule has 0 saturated heterocycles. The summed E-state index contributed by atoms with van der Waals surface area (Å²) in [6, 6.07) is 0.319. The minimum absolute atomic E-state index is 0.155. The molecule has 7 heteroatoms. The van der Waals surface area contributed by atoms with Crippen molar-refractivity contribution in [1.29, 1.82) is 0 Å². The van der Waals surface area contributed by atoms with E-state index in [4.69, 9.17) is 5.26 Å². The second-order valence-corrected chi connectivity index (χ2v) is 4.90. The van der Waals surface area contributed by atoms with Crippen LogP contribution < -0.4 is 5.32 Å². The van der Waals surface area contributed by atoms with E-state index in [0.717, 1.165) is 12.8 Å². The van der Waals surface area contributed by atoms with Gasteiger partial charge in [0.25, 0.3) is 0 Å². The Bertz CT molecular complexity index is 436. The van der Waals surface area contributed by atoms with Crippen LogP contribution in [0.3, 0.4) is 0 Å². The van der Waals surface area contributed by atoms with Crippen LogP contribution >= 0.6 is 11.8 Å². The standard InChI is InChI=1S/C11H15N3O3S/c1-18-11-12-6-8(10(15)17-16)9(14-11)13-7-4-2-3-5-7/h6-7,16H,2-5H2,1H3,(H,12,13,14). The summed E-state index contributed by atoms with van der Waals surface area (Å²) < 4.78 is 0. The number of anilines is 1. The molecule has 0 bridgehead atoms. The molecule has 0 aromatic carbocycles. The van der Waals surface area contributed by atoms with E-state index in [1.165, 1.54) is 30.8 Å². The van der Waals surface area contributed by atoms with Crippen molar-refractivity contribution in [2.75, 3.05) is 11.6 Å². The summed E-state index contributed by atoms with van der Waals surface area (Å²) in [5.41, 5.74) is 0.155. The van der Waals surface area contributed by atoms with Gasteiger partial charge in [0.1, 0.15) is 11.4 Å². The predicted molar refractivity (Wildman–Crippen MR) is 67.7 cm³/mol. The Hall–Kier alpha value is -1.34. The molecule has 1 aromatic rings. The molecule has 2 N–H and O–H groups in total. The van der Waals surface area contributed by atoms with Gasteiger partial charge in [0.05, 0.1) is 0 Å². The summed E-state index contributed by atoms with van der Waals surface area (Å²) in [5.74, 6) is -0.413. The van der Waals surface area contributed by atoms with Gasteiger partial charge in [-0.25, -0.2) is 14.8 Å². The Morgan fingerprint density at radius 1 is 1.56 bits per heavy atom. The maximum Gasteiger partial charge on any atom is 0.378 e. The fraction of sp³-hybridized carbons (Fsp3) is 0.545. The van der Waals surface area contributed by atoms with Crippen LogP contribution in [0.1, 0.15) is 36.0 Å². The molecule has 1 heterocycles. The van der Waals surface area contributed by atoms with E-state index < -0.39 is 5.97 Å². The number of hydrogen-bond acceptors (Lipinski definition) is 7. The molecule has 0 spiro atoms. The number of aromatic nitrogens is 2. The van der Waals surface area contributed by atoms with Crippen LogP contribution in [-0.2, 0) is 4.89 Å². The molecule has 0 unspecified atom stereocenters. The number of hydrogen-bond donors (Lipinski definition) is 2. The van der Waals surface area contributed by atoms with Crippen LogP contribution in [0.15, 0.2) is 11.4 Å². The van der Waals surface area contributed by atoms with Gasteiger partial charge in [0.2, 0.25) is 0 Å². The zero-order chi connectivity index (χ0) is 13.0. The maximum atomic E-state index is 11.4. The minimum atomic E-state index is -0.844. The van der Waals surface area contributed by atoms with Crippen LogP contribution in [-0.4, -0.2) is 33.5 Å². The first kappa shape index (κ1) is 13.1. The van der Waals surface area contributed by atoms with Crippen molar-refractivity contribution in [2.45, 2.75) is 36.9 Å². The summed E-state index contributed by atoms with van der Waals surface area (Å²) in [4.78, 5) is 23.4. The molecule has 18 heavy (non-hydrogen) atoms. The number of carbonyl (C=O) groups excluding carboxylic acids is 1. The Balaban J connectivity index is 2.24. The van der Waals surface area contributed by atoms with Gasteiger partial charge >= 0.3 is 5.97 Å². The Morgan fingerprint density at radius 2 is 2.28 bits per heavy atom. The van der Waals surface area contributed by atoms with E-state index in [2.05, 4.69) is 20.2 Å². The van der Waals surface area contributed by atoms with Gasteiger partial charge in [-0.15, -0.1) is 0 Å². The lowest BCUT2D eigenvalue weighted by Gasteiger charge is -2.14. The monoisotopic (exact) mass is 269 g/mol. The Morgan fingerprint density at radius 3 is 2.89 bits per heavy atom. The van der Waals surface area contributed by atoms with Crippen molar-refractivity contribution in [3.8, 4) is 0 Å². The topological polar surface area (TPSA) is 84.3 Å². The minimum Gasteiger partial charge on any atom is -0.366 e. The van der Waals surface area contributed by atoms with E-state index in [0.29, 0.717) is 17.0 Å². The van der Waals surface area contributed by atoms with Gasteiger partial charge in [-0.3, -0.25) is 4.89 Å². The molecule has 1 saturated carbocycles. The van der Waals surface area contributed by atoms with Crippen LogP contribution in [0.25, 0.3) is 0 Å². The summed E-state index contributed by atoms with van der Waals surface area (Å²) in [7, 11) is 0. The first-order chi connectivity index (χ1) is 8.74. The van der Waals surface area contributed by atoms with Crippen LogP contribution in [0.5, 0.6) is 0 Å². The summed E-state index contributed by atoms with van der Waals surface area (Å²) in [5, 5.41) is 12.3. The maximum absolute atomic E-state index is 11.4. The average Bonchev–Trinajstić information content (AvgIpc) is 2.90. The lowest BCUT2D eigenvalue weighted by Crippen LogP contribution is -2.19. The first-order valence-corrected chi connectivity index (χ1v) is 7.00. The SMILES string of the molecule is CSc1ncc(C(=O)OO)c(NC2CCCC2)n1. The van der Waals surface area contributed by atoms with Crippen LogP contribution in [0, 0.1) is 0 Å². The van der Waals surface area contributed by atoms with Crippen molar-refractivity contribution in [2.24, 2.45) is 0 Å². The molecular weight excluding hydrogens is 254 g/mol. The van der Waals surface area contributed by atoms with Crippen molar-refractivity contribution in [3.63, 3.8) is 0 Å². The molecule has 0 radical (unpaired) electrons. The Kier molecular flexibility index (Phi) is 4.38. The summed E-state index contributed by atoms with van der Waals surface area (Å²) >= 11 is 1.39. The fourth-order valence-corrected chi connectivity index (χ4v) is 2.38. The van der Waals surface area contributed by atoms with Gasteiger partial charge in [0, 0.05) is 12.2 Å². The molecule has 0 aliphatic heterocycles. The lowest BCUT2D eigenvalue weighted by molar-refractivity contribution is -0.182. The highest BCUT2D eigenvalue weighted by Crippen LogP contribution is 2.24. The third kappa shape index (κ3) is 2.91. The van der Waals surface area contributed by atoms with Gasteiger partial charge < -0.3 is 5.32 Å². The normalized spacial score (nSPS) is 15.7. The lowest BCUT2D eigenvalue weighted by atomic mass is 10.2. The molecule has 98 valence electrons. The molecule has 2 rings (SSSR count). The highest BCUT2D eigenvalue weighted by atomic mass is 32.2. The van der Waals surface area contributed by atoms with E-state index in [9.17, 15) is 4.79 Å². The number of nitrogens with one attached hydrogen (secondary N) is 1. The van der Waals surface area contributed by atoms with E-state index >= 15 is 0 Å². The zero-order valence-electron chi connectivity index (χ0n) is 10.0. The predicted octanol–water partition coefficient (Wildman–Crippen LogP) is 2.18. The molecular formula is C11H15N3O3S. The van der Waals surface area contributed by atoms with Gasteiger partial charge in [0.15, 0.2) is 5.16 Å². The second-order valence-electron chi connectivity index (χ2n) is 4.12. The molecule has 1 fully saturated rings. The van der Waals surface area contributed by atoms with E-state index in [1.54, 1.807) is 0 Å². The molecule has 1 aliphatic carbocycles. The molecule has 0 amide bonds. The number of nitrogens with zero attached hydrogens (tertiary/aromatic N) is 2. The largest absolute Gasteiger partial charge is 0.378 e. The average molecular weight is 269 g/mol. The highest BCUT2D eigenvalue weighted by Gasteiger charge is 2.21. The smallest absolute Gasteiger partial charge is 0.366 e. The van der Waals surface area contributed by atoms with Crippen molar-refractivity contribution < 1.29 is 14.9 Å². The summed E-state index contributed by atoms with van der Waals surface area (Å²) in [6.45, 7) is 0. The fourth-order valence-electron chi connectivity index (χ4n) is 2.04.